The van der Waals surface area contributed by atoms with Crippen LogP contribution in [0.1, 0.15) is 27.9 Å². The van der Waals surface area contributed by atoms with Gasteiger partial charge in [-0.3, -0.25) is 4.79 Å². The third-order valence-electron chi connectivity index (χ3n) is 4.97. The van der Waals surface area contributed by atoms with Crippen LogP contribution >= 0.6 is 24.0 Å². The maximum absolute atomic E-state index is 13.3. The molecule has 1 aromatic carbocycles. The third kappa shape index (κ3) is 3.65. The van der Waals surface area contributed by atoms with Gasteiger partial charge in [0.05, 0.1) is 23.1 Å². The number of piperazine rings is 1. The molecule has 1 N–H and O–H groups in total. The standard InChI is InChI=1S/C19H21ClN6O.ClH/c1-13-16(11-23-26(13)15-5-3-14(20)4-6-15)19(27)25-10-7-21-12-17(25)18-22-8-9-24(18)2;/h3-6,8-9,11,17,21H,7,10,12H2,1-2H3;1H. The number of aromatic nitrogens is 4. The van der Waals surface area contributed by atoms with Crippen LogP contribution in [0.5, 0.6) is 0 Å². The summed E-state index contributed by atoms with van der Waals surface area (Å²) < 4.78 is 3.73. The lowest BCUT2D eigenvalue weighted by Gasteiger charge is -2.35. The van der Waals surface area contributed by atoms with Crippen LogP contribution in [0, 0.1) is 6.92 Å². The number of hydrogen-bond donors (Lipinski definition) is 1. The smallest absolute Gasteiger partial charge is 0.258 e. The summed E-state index contributed by atoms with van der Waals surface area (Å²) >= 11 is 5.97. The molecule has 9 heteroatoms. The van der Waals surface area contributed by atoms with Gasteiger partial charge >= 0.3 is 0 Å². The summed E-state index contributed by atoms with van der Waals surface area (Å²) in [6.07, 6.45) is 5.30. The third-order valence-corrected chi connectivity index (χ3v) is 5.22. The molecule has 0 aliphatic carbocycles. The molecule has 4 rings (SSSR count). The van der Waals surface area contributed by atoms with Gasteiger partial charge in [0.2, 0.25) is 0 Å². The Kier molecular flexibility index (Phi) is 6.07. The second kappa shape index (κ2) is 8.34. The first-order valence-electron chi connectivity index (χ1n) is 8.85. The van der Waals surface area contributed by atoms with Gasteiger partial charge in [-0.05, 0) is 31.2 Å². The molecule has 0 saturated carbocycles. The zero-order chi connectivity index (χ0) is 19.0. The number of benzene rings is 1. The Morgan fingerprint density at radius 1 is 1.29 bits per heavy atom. The number of imidazole rings is 1. The molecule has 3 aromatic rings. The highest BCUT2D eigenvalue weighted by Crippen LogP contribution is 2.25. The van der Waals surface area contributed by atoms with E-state index < -0.39 is 0 Å². The lowest BCUT2D eigenvalue weighted by Crippen LogP contribution is -2.49. The molecule has 1 amide bonds. The minimum atomic E-state index is -0.107. The van der Waals surface area contributed by atoms with E-state index in [0.29, 0.717) is 23.7 Å². The molecule has 1 saturated heterocycles. The zero-order valence-corrected chi connectivity index (χ0v) is 17.2. The number of amides is 1. The van der Waals surface area contributed by atoms with Gasteiger partial charge in [0.25, 0.3) is 5.91 Å². The number of nitrogens with one attached hydrogen (secondary N) is 1. The fourth-order valence-corrected chi connectivity index (χ4v) is 3.62. The van der Waals surface area contributed by atoms with E-state index in [9.17, 15) is 4.79 Å². The van der Waals surface area contributed by atoms with Crippen LogP contribution in [0.2, 0.25) is 5.02 Å². The van der Waals surface area contributed by atoms with E-state index in [0.717, 1.165) is 23.8 Å². The molecule has 1 fully saturated rings. The van der Waals surface area contributed by atoms with E-state index in [2.05, 4.69) is 15.4 Å². The fourth-order valence-electron chi connectivity index (χ4n) is 3.49. The van der Waals surface area contributed by atoms with Gasteiger partial charge in [0, 0.05) is 44.1 Å². The van der Waals surface area contributed by atoms with Crippen molar-refractivity contribution >= 4 is 29.9 Å². The molecular weight excluding hydrogens is 399 g/mol. The summed E-state index contributed by atoms with van der Waals surface area (Å²) in [6, 6.07) is 7.29. The lowest BCUT2D eigenvalue weighted by atomic mass is 10.1. The molecule has 1 aliphatic heterocycles. The van der Waals surface area contributed by atoms with E-state index in [-0.39, 0.29) is 24.4 Å². The minimum absolute atomic E-state index is 0. The maximum Gasteiger partial charge on any atom is 0.258 e. The Hall–Kier alpha value is -2.35. The zero-order valence-electron chi connectivity index (χ0n) is 15.7. The average Bonchev–Trinajstić information content (AvgIpc) is 3.27. The summed E-state index contributed by atoms with van der Waals surface area (Å²) in [6.45, 7) is 3.98. The van der Waals surface area contributed by atoms with E-state index in [1.807, 2.05) is 53.9 Å². The van der Waals surface area contributed by atoms with Crippen molar-refractivity contribution in [1.82, 2.24) is 29.5 Å². The van der Waals surface area contributed by atoms with Crippen LogP contribution in [-0.4, -0.2) is 49.8 Å². The number of hydrogen-bond acceptors (Lipinski definition) is 4. The second-order valence-corrected chi connectivity index (χ2v) is 7.08. The second-order valence-electron chi connectivity index (χ2n) is 6.65. The van der Waals surface area contributed by atoms with E-state index in [4.69, 9.17) is 11.6 Å². The van der Waals surface area contributed by atoms with Gasteiger partial charge in [0.15, 0.2) is 0 Å². The van der Waals surface area contributed by atoms with Crippen molar-refractivity contribution in [2.45, 2.75) is 13.0 Å². The SMILES string of the molecule is Cc1c(C(=O)N2CCNCC2c2nccn2C)cnn1-c1ccc(Cl)cc1.Cl. The van der Waals surface area contributed by atoms with Crippen molar-refractivity contribution in [2.24, 2.45) is 7.05 Å². The first-order valence-corrected chi connectivity index (χ1v) is 9.23. The quantitative estimate of drug-likeness (QED) is 0.707. The van der Waals surface area contributed by atoms with E-state index in [1.54, 1.807) is 17.1 Å². The first kappa shape index (κ1) is 20.4. The Morgan fingerprint density at radius 2 is 2.04 bits per heavy atom. The predicted molar refractivity (Wildman–Crippen MR) is 110 cm³/mol. The number of halogens is 2. The van der Waals surface area contributed by atoms with Crippen molar-refractivity contribution in [3.05, 3.63) is 65.0 Å². The normalized spacial score (nSPS) is 16.7. The van der Waals surface area contributed by atoms with Crippen molar-refractivity contribution in [3.63, 3.8) is 0 Å². The number of rotatable bonds is 3. The molecule has 1 aliphatic rings. The van der Waals surface area contributed by atoms with Crippen LogP contribution in [0.3, 0.4) is 0 Å². The summed E-state index contributed by atoms with van der Waals surface area (Å²) in [5.74, 6) is 0.848. The molecular formula is C19H22Cl2N6O. The van der Waals surface area contributed by atoms with Crippen molar-refractivity contribution < 1.29 is 4.79 Å². The molecule has 148 valence electrons. The van der Waals surface area contributed by atoms with Crippen LogP contribution in [-0.2, 0) is 7.05 Å². The Morgan fingerprint density at radius 3 is 2.71 bits per heavy atom. The molecule has 1 atom stereocenters. The Balaban J connectivity index is 0.00000225. The molecule has 3 heterocycles. The largest absolute Gasteiger partial charge is 0.336 e. The van der Waals surface area contributed by atoms with E-state index >= 15 is 0 Å². The van der Waals surface area contributed by atoms with Crippen LogP contribution < -0.4 is 5.32 Å². The van der Waals surface area contributed by atoms with Crippen LogP contribution in [0.25, 0.3) is 5.69 Å². The monoisotopic (exact) mass is 420 g/mol. The molecule has 0 radical (unpaired) electrons. The van der Waals surface area contributed by atoms with Gasteiger partial charge in [-0.15, -0.1) is 12.4 Å². The number of nitrogens with zero attached hydrogens (tertiary/aromatic N) is 5. The molecule has 0 bridgehead atoms. The van der Waals surface area contributed by atoms with Gasteiger partial charge < -0.3 is 14.8 Å². The summed E-state index contributed by atoms with van der Waals surface area (Å²) in [4.78, 5) is 19.7. The number of aryl methyl sites for hydroxylation is 1. The molecule has 0 spiro atoms. The van der Waals surface area contributed by atoms with E-state index in [1.165, 1.54) is 0 Å². The molecule has 2 aromatic heterocycles. The van der Waals surface area contributed by atoms with Crippen molar-refractivity contribution in [3.8, 4) is 5.69 Å². The van der Waals surface area contributed by atoms with Gasteiger partial charge in [-0.25, -0.2) is 9.67 Å². The maximum atomic E-state index is 13.3. The Labute approximate surface area is 174 Å². The highest BCUT2D eigenvalue weighted by atomic mass is 35.5. The summed E-state index contributed by atoms with van der Waals surface area (Å²) in [7, 11) is 1.95. The van der Waals surface area contributed by atoms with Gasteiger partial charge in [-0.1, -0.05) is 11.6 Å². The average molecular weight is 421 g/mol. The van der Waals surface area contributed by atoms with Crippen molar-refractivity contribution in [2.75, 3.05) is 19.6 Å². The highest BCUT2D eigenvalue weighted by molar-refractivity contribution is 6.30. The number of carbonyl (C=O) groups excluding carboxylic acids is 1. The summed E-state index contributed by atoms with van der Waals surface area (Å²) in [5.41, 5.74) is 2.28. The van der Waals surface area contributed by atoms with Crippen LogP contribution in [0.4, 0.5) is 0 Å². The molecule has 28 heavy (non-hydrogen) atoms. The fraction of sp³-hybridized carbons (Fsp3) is 0.316. The summed E-state index contributed by atoms with van der Waals surface area (Å²) in [5, 5.41) is 8.45. The van der Waals surface area contributed by atoms with Crippen molar-refractivity contribution in [1.29, 1.82) is 0 Å². The lowest BCUT2D eigenvalue weighted by molar-refractivity contribution is 0.0620. The topological polar surface area (TPSA) is 68.0 Å². The van der Waals surface area contributed by atoms with Gasteiger partial charge in [0.1, 0.15) is 11.9 Å². The van der Waals surface area contributed by atoms with Crippen LogP contribution in [0.15, 0.2) is 42.9 Å². The molecule has 7 nitrogen and oxygen atoms in total. The predicted octanol–water partition coefficient (Wildman–Crippen LogP) is 2.78. The first-order chi connectivity index (χ1) is 13.1. The molecule has 1 unspecified atom stereocenters. The van der Waals surface area contributed by atoms with Gasteiger partial charge in [-0.2, -0.15) is 5.10 Å². The highest BCUT2D eigenvalue weighted by Gasteiger charge is 2.32. The number of carbonyl (C=O) groups is 1. The Bertz CT molecular complexity index is 965. The minimum Gasteiger partial charge on any atom is -0.336 e.